The Morgan fingerprint density at radius 3 is 3.40 bits per heavy atom. The smallest absolute Gasteiger partial charge is 0.0349 e. The van der Waals surface area contributed by atoms with Crippen LogP contribution in [-0.2, 0) is 13.0 Å². The minimum absolute atomic E-state index is 1.02. The van der Waals surface area contributed by atoms with Gasteiger partial charge in [-0.3, -0.25) is 0 Å². The zero-order valence-electron chi connectivity index (χ0n) is 5.58. The second-order valence-electron chi connectivity index (χ2n) is 2.51. The highest BCUT2D eigenvalue weighted by Crippen LogP contribution is 2.24. The van der Waals surface area contributed by atoms with Crippen molar-refractivity contribution in [1.29, 1.82) is 0 Å². The van der Waals surface area contributed by atoms with E-state index in [0.717, 1.165) is 13.1 Å². The van der Waals surface area contributed by atoms with E-state index in [9.17, 15) is 0 Å². The molecule has 1 aromatic rings. The zero-order valence-corrected chi connectivity index (χ0v) is 7.29. The molecule has 1 aliphatic rings. The van der Waals surface area contributed by atoms with Gasteiger partial charge in [0.15, 0.2) is 0 Å². The molecule has 0 unspecified atom stereocenters. The number of thiol groups is 1. The van der Waals surface area contributed by atoms with Crippen LogP contribution in [0.2, 0.25) is 0 Å². The maximum atomic E-state index is 4.30. The van der Waals surface area contributed by atoms with Crippen LogP contribution < -0.4 is 0 Å². The van der Waals surface area contributed by atoms with Crippen LogP contribution in [0.5, 0.6) is 0 Å². The van der Waals surface area contributed by atoms with Crippen LogP contribution >= 0.6 is 24.2 Å². The summed E-state index contributed by atoms with van der Waals surface area (Å²) in [6.45, 7) is 2.11. The summed E-state index contributed by atoms with van der Waals surface area (Å²) in [5.74, 6) is 0. The monoisotopic (exact) mass is 171 g/mol. The van der Waals surface area contributed by atoms with Crippen molar-refractivity contribution in [3.05, 3.63) is 21.9 Å². The molecule has 1 aromatic heterocycles. The fourth-order valence-corrected chi connectivity index (χ4v) is 2.38. The summed E-state index contributed by atoms with van der Waals surface area (Å²) in [5, 5.41) is 2.16. The third-order valence-electron chi connectivity index (χ3n) is 1.79. The number of nitrogens with zero attached hydrogens (tertiary/aromatic N) is 1. The minimum atomic E-state index is 1.02. The van der Waals surface area contributed by atoms with Crippen LogP contribution in [0.3, 0.4) is 0 Å². The van der Waals surface area contributed by atoms with Crippen molar-refractivity contribution in [1.82, 2.24) is 4.31 Å². The van der Waals surface area contributed by atoms with E-state index >= 15 is 0 Å². The van der Waals surface area contributed by atoms with Crippen LogP contribution in [-0.4, -0.2) is 10.8 Å². The maximum absolute atomic E-state index is 4.30. The number of fused-ring (bicyclic) bond motifs is 1. The van der Waals surface area contributed by atoms with Crippen LogP contribution in [0.1, 0.15) is 10.4 Å². The Morgan fingerprint density at radius 1 is 1.60 bits per heavy atom. The van der Waals surface area contributed by atoms with E-state index in [1.165, 1.54) is 12.0 Å². The molecule has 0 saturated carbocycles. The summed E-state index contributed by atoms with van der Waals surface area (Å²) in [6.07, 6.45) is 1.18. The van der Waals surface area contributed by atoms with E-state index < -0.39 is 0 Å². The van der Waals surface area contributed by atoms with Gasteiger partial charge in [0.2, 0.25) is 0 Å². The lowest BCUT2D eigenvalue weighted by Crippen LogP contribution is -2.20. The Balaban J connectivity index is 2.30. The summed E-state index contributed by atoms with van der Waals surface area (Å²) in [6, 6.07) is 2.20. The number of hydrogen-bond donors (Lipinski definition) is 1. The van der Waals surface area contributed by atoms with Crippen LogP contribution in [0.15, 0.2) is 11.4 Å². The molecule has 0 atom stereocenters. The average Bonchev–Trinajstić information content (AvgIpc) is 2.33. The lowest BCUT2D eigenvalue weighted by atomic mass is 10.1. The van der Waals surface area contributed by atoms with Crippen molar-refractivity contribution in [2.45, 2.75) is 13.0 Å². The molecule has 1 nitrogen and oxygen atoms in total. The van der Waals surface area contributed by atoms with E-state index in [1.54, 1.807) is 4.88 Å². The first kappa shape index (κ1) is 6.70. The minimum Gasteiger partial charge on any atom is -0.248 e. The number of hydrogen-bond acceptors (Lipinski definition) is 3. The lowest BCUT2D eigenvalue weighted by Gasteiger charge is -2.20. The maximum Gasteiger partial charge on any atom is 0.0349 e. The van der Waals surface area contributed by atoms with E-state index in [4.69, 9.17) is 0 Å². The molecule has 10 heavy (non-hydrogen) atoms. The lowest BCUT2D eigenvalue weighted by molar-refractivity contribution is 0.454. The fourth-order valence-electron chi connectivity index (χ4n) is 1.23. The van der Waals surface area contributed by atoms with E-state index in [-0.39, 0.29) is 0 Å². The summed E-state index contributed by atoms with van der Waals surface area (Å²) in [7, 11) is 0. The molecule has 0 bridgehead atoms. The van der Waals surface area contributed by atoms with E-state index in [0.29, 0.717) is 0 Å². The van der Waals surface area contributed by atoms with Gasteiger partial charge >= 0.3 is 0 Å². The standard InChI is InChI=1S/C7H9NS2/c9-8-3-1-7-6(5-8)2-4-10-7/h2,4,9H,1,3,5H2. The van der Waals surface area contributed by atoms with Crippen molar-refractivity contribution in [2.75, 3.05) is 6.54 Å². The summed E-state index contributed by atoms with van der Waals surface area (Å²) < 4.78 is 2.06. The summed E-state index contributed by atoms with van der Waals surface area (Å²) in [5.41, 5.74) is 1.46. The van der Waals surface area contributed by atoms with Gasteiger partial charge in [-0.25, -0.2) is 4.31 Å². The highest BCUT2D eigenvalue weighted by atomic mass is 32.1. The van der Waals surface area contributed by atoms with Crippen molar-refractivity contribution in [2.24, 2.45) is 0 Å². The SMILES string of the molecule is SN1CCc2sccc2C1. The molecule has 3 heteroatoms. The first-order valence-corrected chi connectivity index (χ1v) is 4.63. The molecule has 0 fully saturated rings. The van der Waals surface area contributed by atoms with Crippen molar-refractivity contribution in [3.63, 3.8) is 0 Å². The summed E-state index contributed by atoms with van der Waals surface area (Å²) >= 11 is 6.17. The van der Waals surface area contributed by atoms with E-state index in [1.807, 2.05) is 11.3 Å². The van der Waals surface area contributed by atoms with Gasteiger partial charge < -0.3 is 0 Å². The molecule has 0 N–H and O–H groups in total. The molecule has 54 valence electrons. The Labute approximate surface area is 70.2 Å². The van der Waals surface area contributed by atoms with Crippen LogP contribution in [0.25, 0.3) is 0 Å². The Hall–Kier alpha value is 0.0100. The second-order valence-corrected chi connectivity index (χ2v) is 4.07. The van der Waals surface area contributed by atoms with Gasteiger partial charge in [0.05, 0.1) is 0 Å². The second kappa shape index (κ2) is 2.57. The highest BCUT2D eigenvalue weighted by Gasteiger charge is 2.13. The molecule has 2 rings (SSSR count). The molecular weight excluding hydrogens is 162 g/mol. The van der Waals surface area contributed by atoms with Crippen molar-refractivity contribution in [3.8, 4) is 0 Å². The normalized spacial score (nSPS) is 18.9. The Morgan fingerprint density at radius 2 is 2.50 bits per heavy atom. The third kappa shape index (κ3) is 1.09. The van der Waals surface area contributed by atoms with Crippen molar-refractivity contribution < 1.29 is 0 Å². The Kier molecular flexibility index (Phi) is 1.72. The molecule has 0 spiro atoms. The molecule has 0 amide bonds. The van der Waals surface area contributed by atoms with E-state index in [2.05, 4.69) is 28.6 Å². The topological polar surface area (TPSA) is 3.24 Å². The Bertz CT molecular complexity index is 231. The number of rotatable bonds is 0. The first-order chi connectivity index (χ1) is 4.86. The zero-order chi connectivity index (χ0) is 6.97. The fraction of sp³-hybridized carbons (Fsp3) is 0.429. The molecule has 0 aliphatic carbocycles. The number of thiophene rings is 1. The highest BCUT2D eigenvalue weighted by molar-refractivity contribution is 7.77. The van der Waals surface area contributed by atoms with Crippen LogP contribution in [0.4, 0.5) is 0 Å². The third-order valence-corrected chi connectivity index (χ3v) is 3.15. The van der Waals surface area contributed by atoms with Gasteiger partial charge in [-0.15, -0.1) is 11.3 Å². The van der Waals surface area contributed by atoms with Gasteiger partial charge in [-0.1, -0.05) is 12.8 Å². The molecule has 2 heterocycles. The van der Waals surface area contributed by atoms with Gasteiger partial charge in [0.25, 0.3) is 0 Å². The predicted octanol–water partition coefficient (Wildman–Crippen LogP) is 1.95. The first-order valence-electron chi connectivity index (χ1n) is 3.35. The molecular formula is C7H9NS2. The summed E-state index contributed by atoms with van der Waals surface area (Å²) in [4.78, 5) is 1.55. The van der Waals surface area contributed by atoms with Gasteiger partial charge in [-0.2, -0.15) is 0 Å². The van der Waals surface area contributed by atoms with Gasteiger partial charge in [0.1, 0.15) is 0 Å². The predicted molar refractivity (Wildman–Crippen MR) is 47.4 cm³/mol. The molecule has 0 radical (unpaired) electrons. The van der Waals surface area contributed by atoms with Crippen LogP contribution in [0, 0.1) is 0 Å². The van der Waals surface area contributed by atoms with Gasteiger partial charge in [0, 0.05) is 18.0 Å². The molecule has 0 saturated heterocycles. The average molecular weight is 171 g/mol. The quantitative estimate of drug-likeness (QED) is 0.584. The molecule has 0 aromatic carbocycles. The van der Waals surface area contributed by atoms with Crippen molar-refractivity contribution >= 4 is 24.2 Å². The largest absolute Gasteiger partial charge is 0.248 e. The molecule has 1 aliphatic heterocycles. The van der Waals surface area contributed by atoms with Gasteiger partial charge in [-0.05, 0) is 23.4 Å².